The second-order valence-corrected chi connectivity index (χ2v) is 31.7. The molecule has 15 rings (SSSR count). The number of benzene rings is 11. The Morgan fingerprint density at radius 3 is 0.670 bits per heavy atom. The maximum Gasteiger partial charge on any atom is 0.0717 e. The number of allylic oxidation sites excluding steroid dienone is 4. The maximum absolute atomic E-state index is 9.96. The molecule has 0 atom stereocenters. The molecule has 0 unspecified atom stereocenters. The van der Waals surface area contributed by atoms with E-state index in [9.17, 15) is 2.74 Å². The first-order valence-corrected chi connectivity index (χ1v) is 41.8. The molecule has 538 valence electrons. The third-order valence-corrected chi connectivity index (χ3v) is 25.2. The van der Waals surface area contributed by atoms with E-state index in [-0.39, 0.29) is 0 Å². The Hall–Kier alpha value is -9.10. The topological polar surface area (TPSA) is 0 Å². The molecule has 0 aliphatic heterocycles. The lowest BCUT2D eigenvalue weighted by Gasteiger charge is -2.40. The Morgan fingerprint density at radius 2 is 0.415 bits per heavy atom. The highest BCUT2D eigenvalue weighted by atomic mass is 14.6. The van der Waals surface area contributed by atoms with Crippen LogP contribution >= 0.6 is 0 Å². The number of hydrogen-bond acceptors (Lipinski definition) is 0. The summed E-state index contributed by atoms with van der Waals surface area (Å²) in [5, 5.41) is 0. The molecular formula is C106H114. The molecule has 106 heavy (non-hydrogen) atoms. The van der Waals surface area contributed by atoms with Gasteiger partial charge in [0.05, 0.1) is 24.4 Å². The van der Waals surface area contributed by atoms with Crippen molar-refractivity contribution in [2.24, 2.45) is 0 Å². The SMILES string of the molecule is [2H]c1ccc2c(c1)C(c1ccc(CCCCCCCC)cc1)(c1ccc(CCCCCCCC)cc1)C1=C2C(c2ccccc2)(c2ccccc2)c2cc3c(cc21)C(c1ccccc1)(c1ccccc1)C1=C3C(c2ccc(CCCCCCCC)cc2)(c2ccc(CCCCCCCC)cc2)c2cc([2H])ccc21. The summed E-state index contributed by atoms with van der Waals surface area (Å²) in [5.41, 5.74) is 26.8. The molecule has 11 aromatic rings. The third kappa shape index (κ3) is 13.1. The minimum Gasteiger partial charge on any atom is -0.0654 e. The number of fused-ring (bicyclic) bond motifs is 8. The summed E-state index contributed by atoms with van der Waals surface area (Å²) in [5.74, 6) is 0. The quantitative estimate of drug-likeness (QED) is 0.0343. The molecule has 0 heteroatoms. The number of hydrogen-bond donors (Lipinski definition) is 0. The van der Waals surface area contributed by atoms with Gasteiger partial charge in [0, 0.05) is 0 Å². The van der Waals surface area contributed by atoms with Crippen LogP contribution in [0.4, 0.5) is 0 Å². The van der Waals surface area contributed by atoms with Crippen molar-refractivity contribution in [3.63, 3.8) is 0 Å². The monoisotopic (exact) mass is 1390 g/mol. The highest BCUT2D eigenvalue weighted by molar-refractivity contribution is 6.19. The van der Waals surface area contributed by atoms with E-state index in [1.807, 2.05) is 0 Å². The molecule has 0 nitrogen and oxygen atoms in total. The van der Waals surface area contributed by atoms with Crippen molar-refractivity contribution in [2.75, 3.05) is 0 Å². The molecule has 0 saturated heterocycles. The van der Waals surface area contributed by atoms with Crippen LogP contribution in [0.5, 0.6) is 0 Å². The van der Waals surface area contributed by atoms with Crippen LogP contribution in [0.25, 0.3) is 22.3 Å². The van der Waals surface area contributed by atoms with Gasteiger partial charge in [0.15, 0.2) is 0 Å². The van der Waals surface area contributed by atoms with Gasteiger partial charge in [-0.15, -0.1) is 0 Å². The Morgan fingerprint density at radius 1 is 0.198 bits per heavy atom. The largest absolute Gasteiger partial charge is 0.0717 e. The summed E-state index contributed by atoms with van der Waals surface area (Å²) >= 11 is 0. The zero-order valence-electron chi connectivity index (χ0n) is 66.2. The van der Waals surface area contributed by atoms with E-state index in [1.165, 1.54) is 288 Å². The van der Waals surface area contributed by atoms with Gasteiger partial charge in [-0.2, -0.15) is 0 Å². The minimum absolute atomic E-state index is 0.516. The predicted octanol–water partition coefficient (Wildman–Crippen LogP) is 28.5. The van der Waals surface area contributed by atoms with E-state index in [1.54, 1.807) is 0 Å². The third-order valence-electron chi connectivity index (χ3n) is 25.2. The van der Waals surface area contributed by atoms with Crippen molar-refractivity contribution >= 4 is 22.3 Å². The van der Waals surface area contributed by atoms with Crippen LogP contribution in [-0.4, -0.2) is 0 Å². The first-order valence-electron chi connectivity index (χ1n) is 42.8. The smallest absolute Gasteiger partial charge is 0.0654 e. The Bertz CT molecular complexity index is 4370. The molecule has 11 aromatic carbocycles. The summed E-state index contributed by atoms with van der Waals surface area (Å²) in [6.45, 7) is 9.24. The Balaban J connectivity index is 1.05. The van der Waals surface area contributed by atoms with Gasteiger partial charge in [0.1, 0.15) is 0 Å². The Labute approximate surface area is 640 Å². The average molecular weight is 1390 g/mol. The van der Waals surface area contributed by atoms with Gasteiger partial charge in [-0.05, 0) is 197 Å². The molecule has 0 fully saturated rings. The number of aryl methyl sites for hydroxylation is 4. The summed E-state index contributed by atoms with van der Waals surface area (Å²) in [7, 11) is 0. The van der Waals surface area contributed by atoms with Crippen molar-refractivity contribution < 1.29 is 2.74 Å². The highest BCUT2D eigenvalue weighted by Gasteiger charge is 2.64. The van der Waals surface area contributed by atoms with Gasteiger partial charge in [-0.25, -0.2) is 0 Å². The van der Waals surface area contributed by atoms with Crippen LogP contribution in [0.1, 0.15) is 296 Å². The van der Waals surface area contributed by atoms with Gasteiger partial charge < -0.3 is 0 Å². The fourth-order valence-corrected chi connectivity index (χ4v) is 20.1. The minimum atomic E-state index is -0.875. The van der Waals surface area contributed by atoms with Gasteiger partial charge >= 0.3 is 0 Å². The van der Waals surface area contributed by atoms with E-state index >= 15 is 0 Å². The van der Waals surface area contributed by atoms with Gasteiger partial charge in [-0.1, -0.05) is 423 Å². The molecule has 4 aliphatic carbocycles. The number of unbranched alkanes of at least 4 members (excludes halogenated alkanes) is 20. The van der Waals surface area contributed by atoms with Crippen molar-refractivity contribution in [2.45, 2.75) is 229 Å². The van der Waals surface area contributed by atoms with E-state index in [4.69, 9.17) is 0 Å². The van der Waals surface area contributed by atoms with E-state index in [0.29, 0.717) is 12.1 Å². The fraction of sp³-hybridized carbons (Fsp3) is 0.340. The van der Waals surface area contributed by atoms with Crippen molar-refractivity contribution in [3.05, 3.63) is 390 Å². The van der Waals surface area contributed by atoms with Crippen LogP contribution in [0.2, 0.25) is 0 Å². The molecule has 4 aliphatic rings. The molecule has 0 radical (unpaired) electrons. The van der Waals surface area contributed by atoms with Crippen LogP contribution < -0.4 is 0 Å². The lowest BCUT2D eigenvalue weighted by Crippen LogP contribution is -2.33. The van der Waals surface area contributed by atoms with Crippen molar-refractivity contribution in [1.29, 1.82) is 0 Å². The zero-order valence-corrected chi connectivity index (χ0v) is 64.2. The lowest BCUT2D eigenvalue weighted by atomic mass is 9.61. The van der Waals surface area contributed by atoms with Crippen molar-refractivity contribution in [1.82, 2.24) is 0 Å². The second-order valence-electron chi connectivity index (χ2n) is 31.7. The second kappa shape index (κ2) is 33.4. The maximum atomic E-state index is 9.96. The summed E-state index contributed by atoms with van der Waals surface area (Å²) in [4.78, 5) is 0. The molecular weight excluding hydrogens is 1270 g/mol. The van der Waals surface area contributed by atoms with Crippen LogP contribution in [0, 0.1) is 0 Å². The molecule has 0 aromatic heterocycles. The summed E-state index contributed by atoms with van der Waals surface area (Å²) < 4.78 is 19.9. The molecule has 0 saturated carbocycles. The van der Waals surface area contributed by atoms with Crippen LogP contribution in [0.15, 0.2) is 279 Å². The average Bonchev–Trinajstić information content (AvgIpc) is 1.47. The predicted molar refractivity (Wildman–Crippen MR) is 452 cm³/mol. The normalized spacial score (nSPS) is 15.4. The van der Waals surface area contributed by atoms with Gasteiger partial charge in [-0.3, -0.25) is 0 Å². The Kier molecular flexibility index (Phi) is 22.0. The van der Waals surface area contributed by atoms with E-state index in [2.05, 4.69) is 295 Å². The van der Waals surface area contributed by atoms with E-state index in [0.717, 1.165) is 25.7 Å². The summed E-state index contributed by atoms with van der Waals surface area (Å²) in [6, 6.07) is 106. The molecule has 0 amide bonds. The first kappa shape index (κ1) is 69.9. The fourth-order valence-electron chi connectivity index (χ4n) is 20.1. The molecule has 0 spiro atoms. The summed E-state index contributed by atoms with van der Waals surface area (Å²) in [6.07, 6.45) is 34.5. The zero-order chi connectivity index (χ0) is 73.9. The van der Waals surface area contributed by atoms with Gasteiger partial charge in [0.25, 0.3) is 0 Å². The lowest BCUT2D eigenvalue weighted by molar-refractivity contribution is 0.607. The van der Waals surface area contributed by atoms with E-state index < -0.39 is 21.7 Å². The first-order chi connectivity index (χ1) is 53.3. The number of rotatable bonds is 36. The van der Waals surface area contributed by atoms with Gasteiger partial charge in [0.2, 0.25) is 0 Å². The van der Waals surface area contributed by atoms with Crippen molar-refractivity contribution in [3.8, 4) is 0 Å². The standard InChI is InChI=1S/C106H114/c1-5-9-13-17-21-29-45-79-61-69-87(70-62-79)103(88-71-63-80(64-72-88)46-30-22-18-14-10-6-2)95-59-43-41-57-91(95)99-101(103)93-77-98-94(78-97(93)105(99,83-49-33-25-34-50-83)84-51-35-26-36-52-84)102-100(106(98,85-53-37-27-38-54-85)86-55-39-28-40-56-86)92-58-42-44-60-96(92)104(102,89-73-65-81(66-74-89)47-31-23-19-15-11-7-3)90-75-67-82(68-76-90)48-32-24-20-16-12-8-4/h25-28,33-44,49-78H,5-24,29-32,45-48H2,1-4H3/i43D,44D. The van der Waals surface area contributed by atoms with Crippen LogP contribution in [-0.2, 0) is 47.3 Å². The molecule has 0 bridgehead atoms. The van der Waals surface area contributed by atoms with Crippen LogP contribution in [0.3, 0.4) is 0 Å². The molecule has 0 N–H and O–H groups in total. The highest BCUT2D eigenvalue weighted by Crippen LogP contribution is 2.74. The molecule has 0 heterocycles.